The summed E-state index contributed by atoms with van der Waals surface area (Å²) in [4.78, 5) is 11.0. The maximum absolute atomic E-state index is 11.0. The third-order valence-corrected chi connectivity index (χ3v) is 4.56. The van der Waals surface area contributed by atoms with Crippen molar-refractivity contribution in [2.45, 2.75) is 55.6 Å². The molecule has 0 unspecified atom stereocenters. The SMILES string of the molecule is COC(=O)CCCSc1nnc(C2CC2)n1C1CC1. The summed E-state index contributed by atoms with van der Waals surface area (Å²) < 4.78 is 6.98. The van der Waals surface area contributed by atoms with Gasteiger partial charge >= 0.3 is 5.97 Å². The quantitative estimate of drug-likeness (QED) is 0.437. The van der Waals surface area contributed by atoms with Crippen LogP contribution in [0.4, 0.5) is 0 Å². The number of methoxy groups -OCH3 is 1. The van der Waals surface area contributed by atoms with Crippen LogP contribution in [-0.2, 0) is 9.53 Å². The predicted octanol–water partition coefficient (Wildman–Crippen LogP) is 2.54. The highest BCUT2D eigenvalue weighted by Gasteiger charge is 2.36. The Morgan fingerprint density at radius 3 is 2.79 bits per heavy atom. The molecule has 5 nitrogen and oxygen atoms in total. The molecule has 2 aliphatic carbocycles. The Hall–Kier alpha value is -1.04. The first-order chi connectivity index (χ1) is 9.29. The van der Waals surface area contributed by atoms with E-state index in [0.717, 1.165) is 17.3 Å². The monoisotopic (exact) mass is 281 g/mol. The van der Waals surface area contributed by atoms with Gasteiger partial charge in [-0.1, -0.05) is 11.8 Å². The van der Waals surface area contributed by atoms with Crippen LogP contribution in [0.1, 0.15) is 56.3 Å². The number of aromatic nitrogens is 3. The van der Waals surface area contributed by atoms with Gasteiger partial charge in [0.15, 0.2) is 5.16 Å². The minimum absolute atomic E-state index is 0.136. The van der Waals surface area contributed by atoms with Crippen molar-refractivity contribution in [3.05, 3.63) is 5.82 Å². The number of esters is 1. The molecule has 0 aromatic carbocycles. The third-order valence-electron chi connectivity index (χ3n) is 3.53. The fourth-order valence-corrected chi connectivity index (χ4v) is 3.12. The van der Waals surface area contributed by atoms with Crippen molar-refractivity contribution < 1.29 is 9.53 Å². The number of hydrogen-bond acceptors (Lipinski definition) is 5. The van der Waals surface area contributed by atoms with Crippen LogP contribution in [0.25, 0.3) is 0 Å². The molecule has 19 heavy (non-hydrogen) atoms. The molecule has 104 valence electrons. The Morgan fingerprint density at radius 2 is 2.16 bits per heavy atom. The smallest absolute Gasteiger partial charge is 0.305 e. The van der Waals surface area contributed by atoms with Gasteiger partial charge in [-0.05, 0) is 32.1 Å². The summed E-state index contributed by atoms with van der Waals surface area (Å²) in [6, 6.07) is 0.633. The molecular formula is C13H19N3O2S. The van der Waals surface area contributed by atoms with Crippen molar-refractivity contribution in [2.24, 2.45) is 0 Å². The van der Waals surface area contributed by atoms with Crippen LogP contribution >= 0.6 is 11.8 Å². The highest BCUT2D eigenvalue weighted by Crippen LogP contribution is 2.45. The van der Waals surface area contributed by atoms with Crippen molar-refractivity contribution in [2.75, 3.05) is 12.9 Å². The maximum atomic E-state index is 11.0. The van der Waals surface area contributed by atoms with Crippen LogP contribution in [0, 0.1) is 0 Å². The van der Waals surface area contributed by atoms with E-state index in [0.29, 0.717) is 18.4 Å². The normalized spacial score (nSPS) is 18.6. The second-order valence-electron chi connectivity index (χ2n) is 5.24. The van der Waals surface area contributed by atoms with Crippen molar-refractivity contribution in [1.82, 2.24) is 14.8 Å². The molecule has 2 fully saturated rings. The largest absolute Gasteiger partial charge is 0.469 e. The number of hydrogen-bond donors (Lipinski definition) is 0. The zero-order chi connectivity index (χ0) is 13.2. The summed E-state index contributed by atoms with van der Waals surface area (Å²) in [6.45, 7) is 0. The number of nitrogens with zero attached hydrogens (tertiary/aromatic N) is 3. The lowest BCUT2D eigenvalue weighted by molar-refractivity contribution is -0.140. The van der Waals surface area contributed by atoms with E-state index in [1.54, 1.807) is 11.8 Å². The standard InChI is InChI=1S/C13H19N3O2S/c1-18-11(17)3-2-8-19-13-15-14-12(9-4-5-9)16(13)10-6-7-10/h9-10H,2-8H2,1H3. The maximum Gasteiger partial charge on any atom is 0.305 e. The Bertz CT molecular complexity index is 466. The lowest BCUT2D eigenvalue weighted by atomic mass is 10.3. The van der Waals surface area contributed by atoms with E-state index in [9.17, 15) is 4.79 Å². The molecule has 0 radical (unpaired) electrons. The second kappa shape index (κ2) is 5.53. The predicted molar refractivity (Wildman–Crippen MR) is 72.2 cm³/mol. The fraction of sp³-hybridized carbons (Fsp3) is 0.769. The van der Waals surface area contributed by atoms with Gasteiger partial charge in [0.05, 0.1) is 7.11 Å². The van der Waals surface area contributed by atoms with Crippen molar-refractivity contribution >= 4 is 17.7 Å². The van der Waals surface area contributed by atoms with E-state index in [1.165, 1.54) is 38.6 Å². The first kappa shape index (κ1) is 13.0. The molecule has 1 aromatic rings. The van der Waals surface area contributed by atoms with Gasteiger partial charge in [-0.2, -0.15) is 0 Å². The molecule has 1 heterocycles. The highest BCUT2D eigenvalue weighted by atomic mass is 32.2. The average Bonchev–Trinajstić information content (AvgIpc) is 3.33. The summed E-state index contributed by atoms with van der Waals surface area (Å²) in [6.07, 6.45) is 6.35. The number of carbonyl (C=O) groups excluding carboxylic acids is 1. The van der Waals surface area contributed by atoms with Gasteiger partial charge in [-0.3, -0.25) is 4.79 Å². The van der Waals surface area contributed by atoms with Gasteiger partial charge in [0.25, 0.3) is 0 Å². The van der Waals surface area contributed by atoms with Crippen molar-refractivity contribution in [1.29, 1.82) is 0 Å². The molecule has 0 atom stereocenters. The molecule has 3 rings (SSSR count). The van der Waals surface area contributed by atoms with E-state index in [-0.39, 0.29) is 5.97 Å². The van der Waals surface area contributed by atoms with E-state index >= 15 is 0 Å². The molecule has 2 aliphatic rings. The first-order valence-corrected chi connectivity index (χ1v) is 7.92. The van der Waals surface area contributed by atoms with Crippen LogP contribution in [0.2, 0.25) is 0 Å². The lowest BCUT2D eigenvalue weighted by Gasteiger charge is -2.07. The Morgan fingerprint density at radius 1 is 1.37 bits per heavy atom. The third kappa shape index (κ3) is 3.11. The summed E-state index contributed by atoms with van der Waals surface area (Å²) in [5, 5.41) is 9.74. The zero-order valence-corrected chi connectivity index (χ0v) is 12.0. The van der Waals surface area contributed by atoms with E-state index in [2.05, 4.69) is 19.5 Å². The minimum atomic E-state index is -0.136. The van der Waals surface area contributed by atoms with Gasteiger partial charge in [0, 0.05) is 24.1 Å². The fourth-order valence-electron chi connectivity index (χ4n) is 2.16. The molecule has 0 N–H and O–H groups in total. The van der Waals surface area contributed by atoms with E-state index in [4.69, 9.17) is 0 Å². The van der Waals surface area contributed by atoms with Gasteiger partial charge in [-0.25, -0.2) is 0 Å². The average molecular weight is 281 g/mol. The number of ether oxygens (including phenoxy) is 1. The molecule has 0 bridgehead atoms. The summed E-state index contributed by atoms with van der Waals surface area (Å²) >= 11 is 1.72. The zero-order valence-electron chi connectivity index (χ0n) is 11.2. The van der Waals surface area contributed by atoms with Crippen LogP contribution in [0.5, 0.6) is 0 Å². The first-order valence-electron chi connectivity index (χ1n) is 6.94. The van der Waals surface area contributed by atoms with Gasteiger partial charge in [0.2, 0.25) is 0 Å². The van der Waals surface area contributed by atoms with Gasteiger partial charge < -0.3 is 9.30 Å². The van der Waals surface area contributed by atoms with Crippen LogP contribution in [0.15, 0.2) is 5.16 Å². The Balaban J connectivity index is 1.56. The van der Waals surface area contributed by atoms with E-state index < -0.39 is 0 Å². The van der Waals surface area contributed by atoms with E-state index in [1.807, 2.05) is 0 Å². The van der Waals surface area contributed by atoms with Crippen molar-refractivity contribution in [3.8, 4) is 0 Å². The number of carbonyl (C=O) groups is 1. The number of thioether (sulfide) groups is 1. The molecule has 0 aliphatic heterocycles. The van der Waals surface area contributed by atoms with Gasteiger partial charge in [-0.15, -0.1) is 10.2 Å². The molecular weight excluding hydrogens is 262 g/mol. The van der Waals surface area contributed by atoms with Crippen molar-refractivity contribution in [3.63, 3.8) is 0 Å². The molecule has 0 spiro atoms. The number of rotatable bonds is 7. The second-order valence-corrected chi connectivity index (χ2v) is 6.31. The summed E-state index contributed by atoms with van der Waals surface area (Å²) in [5.41, 5.74) is 0. The molecule has 0 amide bonds. The van der Waals surface area contributed by atoms with Gasteiger partial charge in [0.1, 0.15) is 5.82 Å². The molecule has 0 saturated heterocycles. The highest BCUT2D eigenvalue weighted by molar-refractivity contribution is 7.99. The molecule has 2 saturated carbocycles. The Kier molecular flexibility index (Phi) is 3.77. The minimum Gasteiger partial charge on any atom is -0.469 e. The summed E-state index contributed by atoms with van der Waals surface area (Å²) in [7, 11) is 1.43. The lowest BCUT2D eigenvalue weighted by Crippen LogP contribution is -2.03. The summed E-state index contributed by atoms with van der Waals surface area (Å²) in [5.74, 6) is 2.60. The Labute approximate surface area is 117 Å². The van der Waals surface area contributed by atoms with Crippen LogP contribution in [-0.4, -0.2) is 33.6 Å². The molecule has 6 heteroatoms. The topological polar surface area (TPSA) is 57.0 Å². The van der Waals surface area contributed by atoms with Crippen LogP contribution < -0.4 is 0 Å². The molecule has 1 aromatic heterocycles. The van der Waals surface area contributed by atoms with Crippen LogP contribution in [0.3, 0.4) is 0 Å².